The first-order chi connectivity index (χ1) is 11.7. The third-order valence-corrected chi connectivity index (χ3v) is 4.34. The molecule has 6 heteroatoms. The van der Waals surface area contributed by atoms with Crippen molar-refractivity contribution in [1.82, 2.24) is 15.1 Å². The maximum absolute atomic E-state index is 13.0. The minimum atomic E-state index is -0.249. The Bertz CT molecular complexity index is 671. The molecule has 1 aromatic heterocycles. The van der Waals surface area contributed by atoms with Crippen LogP contribution in [0.1, 0.15) is 37.8 Å². The van der Waals surface area contributed by atoms with Crippen LogP contribution in [0.3, 0.4) is 0 Å². The smallest absolute Gasteiger partial charge is 0.188 e. The Hall–Kier alpha value is -2.37. The lowest BCUT2D eigenvalue weighted by Crippen LogP contribution is -2.41. The number of rotatable bonds is 5. The summed E-state index contributed by atoms with van der Waals surface area (Å²) in [5, 5.41) is 7.79. The van der Waals surface area contributed by atoms with Gasteiger partial charge in [-0.05, 0) is 43.2 Å². The van der Waals surface area contributed by atoms with Crippen molar-refractivity contribution < 1.29 is 4.39 Å². The zero-order valence-corrected chi connectivity index (χ0v) is 13.8. The van der Waals surface area contributed by atoms with Gasteiger partial charge in [-0.2, -0.15) is 5.10 Å². The molecule has 1 heterocycles. The monoisotopic (exact) mass is 329 g/mol. The first kappa shape index (κ1) is 16.5. The van der Waals surface area contributed by atoms with E-state index < -0.39 is 0 Å². The van der Waals surface area contributed by atoms with Crippen LogP contribution in [0, 0.1) is 5.82 Å². The normalized spacial score (nSPS) is 16.3. The minimum absolute atomic E-state index is 0.249. The Balaban J connectivity index is 1.49. The maximum atomic E-state index is 13.0. The third-order valence-electron chi connectivity index (χ3n) is 4.34. The van der Waals surface area contributed by atoms with E-state index in [1.54, 1.807) is 16.8 Å². The average Bonchev–Trinajstić information content (AvgIpc) is 3.05. The molecule has 1 aliphatic carbocycles. The molecule has 128 valence electrons. The molecule has 1 aliphatic rings. The van der Waals surface area contributed by atoms with E-state index in [-0.39, 0.29) is 5.82 Å². The van der Waals surface area contributed by atoms with Crippen LogP contribution in [0.2, 0.25) is 0 Å². The van der Waals surface area contributed by atoms with Crippen LogP contribution in [0.15, 0.2) is 41.5 Å². The Kier molecular flexibility index (Phi) is 5.46. The van der Waals surface area contributed by atoms with Crippen LogP contribution in [-0.4, -0.2) is 28.3 Å². The average molecular weight is 329 g/mol. The number of aromatic nitrogens is 2. The largest absolute Gasteiger partial charge is 0.370 e. The molecule has 1 aromatic carbocycles. The molecule has 0 saturated heterocycles. The molecule has 3 rings (SSSR count). The fraction of sp³-hybridized carbons (Fsp3) is 0.444. The van der Waals surface area contributed by atoms with E-state index in [0.717, 1.165) is 17.8 Å². The molecule has 0 aliphatic heterocycles. The lowest BCUT2D eigenvalue weighted by Gasteiger charge is -2.23. The van der Waals surface area contributed by atoms with Crippen molar-refractivity contribution in [3.63, 3.8) is 0 Å². The Morgan fingerprint density at radius 1 is 1.21 bits per heavy atom. The van der Waals surface area contributed by atoms with E-state index in [1.165, 1.54) is 44.2 Å². The van der Waals surface area contributed by atoms with Crippen molar-refractivity contribution >= 4 is 5.96 Å². The fourth-order valence-electron chi connectivity index (χ4n) is 3.03. The van der Waals surface area contributed by atoms with Gasteiger partial charge in [-0.1, -0.05) is 19.3 Å². The summed E-state index contributed by atoms with van der Waals surface area (Å²) in [5.41, 5.74) is 7.73. The molecule has 0 amide bonds. The SMILES string of the molecule is NC(=NCCc1ccn(-c2ccc(F)cc2)n1)NC1CCCCC1. The van der Waals surface area contributed by atoms with Gasteiger partial charge in [0.25, 0.3) is 0 Å². The standard InChI is InChI=1S/C18H24FN5/c19-14-6-8-17(9-7-14)24-13-11-16(23-24)10-12-21-18(20)22-15-4-2-1-3-5-15/h6-9,11,13,15H,1-5,10,12H2,(H3,20,21,22). The summed E-state index contributed by atoms with van der Waals surface area (Å²) in [6.07, 6.45) is 8.82. The molecule has 0 atom stereocenters. The van der Waals surface area contributed by atoms with Gasteiger partial charge in [0.05, 0.1) is 11.4 Å². The highest BCUT2D eigenvalue weighted by Gasteiger charge is 2.13. The van der Waals surface area contributed by atoms with Crippen molar-refractivity contribution in [2.45, 2.75) is 44.6 Å². The van der Waals surface area contributed by atoms with Crippen LogP contribution in [-0.2, 0) is 6.42 Å². The molecule has 0 radical (unpaired) electrons. The van der Waals surface area contributed by atoms with Crippen LogP contribution >= 0.6 is 0 Å². The highest BCUT2D eigenvalue weighted by molar-refractivity contribution is 5.78. The van der Waals surface area contributed by atoms with Gasteiger partial charge in [-0.3, -0.25) is 4.99 Å². The predicted molar refractivity (Wildman–Crippen MR) is 93.7 cm³/mol. The second kappa shape index (κ2) is 7.95. The van der Waals surface area contributed by atoms with E-state index >= 15 is 0 Å². The zero-order valence-electron chi connectivity index (χ0n) is 13.8. The summed E-state index contributed by atoms with van der Waals surface area (Å²) in [5.74, 6) is 0.279. The third kappa shape index (κ3) is 4.57. The van der Waals surface area contributed by atoms with Crippen molar-refractivity contribution in [2.24, 2.45) is 10.7 Å². The Labute approximate surface area is 141 Å². The summed E-state index contributed by atoms with van der Waals surface area (Å²) in [6.45, 7) is 0.603. The van der Waals surface area contributed by atoms with Crippen molar-refractivity contribution in [1.29, 1.82) is 0 Å². The summed E-state index contributed by atoms with van der Waals surface area (Å²) in [6, 6.07) is 8.69. The molecular formula is C18H24FN5. The van der Waals surface area contributed by atoms with Crippen molar-refractivity contribution in [3.05, 3.63) is 48.0 Å². The first-order valence-electron chi connectivity index (χ1n) is 8.58. The molecule has 5 nitrogen and oxygen atoms in total. The molecule has 3 N–H and O–H groups in total. The lowest BCUT2D eigenvalue weighted by atomic mass is 9.96. The number of hydrogen-bond acceptors (Lipinski definition) is 2. The van der Waals surface area contributed by atoms with Crippen LogP contribution in [0.4, 0.5) is 4.39 Å². The minimum Gasteiger partial charge on any atom is -0.370 e. The second-order valence-corrected chi connectivity index (χ2v) is 6.22. The summed E-state index contributed by atoms with van der Waals surface area (Å²) >= 11 is 0. The number of halogens is 1. The molecule has 0 bridgehead atoms. The van der Waals surface area contributed by atoms with E-state index in [4.69, 9.17) is 5.73 Å². The van der Waals surface area contributed by atoms with Gasteiger partial charge in [0.1, 0.15) is 5.82 Å². The Morgan fingerprint density at radius 2 is 1.96 bits per heavy atom. The molecule has 0 spiro atoms. The van der Waals surface area contributed by atoms with Crippen LogP contribution in [0.25, 0.3) is 5.69 Å². The number of nitrogens with one attached hydrogen (secondary N) is 1. The second-order valence-electron chi connectivity index (χ2n) is 6.22. The number of nitrogens with zero attached hydrogens (tertiary/aromatic N) is 3. The molecule has 2 aromatic rings. The highest BCUT2D eigenvalue weighted by atomic mass is 19.1. The van der Waals surface area contributed by atoms with Gasteiger partial charge in [0.2, 0.25) is 0 Å². The van der Waals surface area contributed by atoms with Gasteiger partial charge in [-0.25, -0.2) is 9.07 Å². The lowest BCUT2D eigenvalue weighted by molar-refractivity contribution is 0.412. The summed E-state index contributed by atoms with van der Waals surface area (Å²) in [4.78, 5) is 4.39. The predicted octanol–water partition coefficient (Wildman–Crippen LogP) is 2.79. The van der Waals surface area contributed by atoms with E-state index in [1.807, 2.05) is 12.3 Å². The molecule has 1 fully saturated rings. The van der Waals surface area contributed by atoms with Crippen LogP contribution in [0.5, 0.6) is 0 Å². The van der Waals surface area contributed by atoms with Gasteiger partial charge in [0, 0.05) is 25.2 Å². The number of hydrogen-bond donors (Lipinski definition) is 2. The van der Waals surface area contributed by atoms with Gasteiger partial charge >= 0.3 is 0 Å². The molecule has 24 heavy (non-hydrogen) atoms. The molecule has 0 unspecified atom stereocenters. The number of nitrogens with two attached hydrogens (primary N) is 1. The van der Waals surface area contributed by atoms with Gasteiger partial charge in [-0.15, -0.1) is 0 Å². The highest BCUT2D eigenvalue weighted by Crippen LogP contribution is 2.17. The maximum Gasteiger partial charge on any atom is 0.188 e. The van der Waals surface area contributed by atoms with E-state index in [0.29, 0.717) is 18.5 Å². The zero-order chi connectivity index (χ0) is 16.8. The van der Waals surface area contributed by atoms with Gasteiger partial charge in [0.15, 0.2) is 5.96 Å². The van der Waals surface area contributed by atoms with E-state index in [2.05, 4.69) is 15.4 Å². The number of guanidine groups is 1. The number of benzene rings is 1. The Morgan fingerprint density at radius 3 is 2.71 bits per heavy atom. The van der Waals surface area contributed by atoms with Crippen molar-refractivity contribution in [3.8, 4) is 5.69 Å². The van der Waals surface area contributed by atoms with Gasteiger partial charge < -0.3 is 11.1 Å². The topological polar surface area (TPSA) is 68.2 Å². The summed E-state index contributed by atoms with van der Waals surface area (Å²) in [7, 11) is 0. The van der Waals surface area contributed by atoms with E-state index in [9.17, 15) is 4.39 Å². The summed E-state index contributed by atoms with van der Waals surface area (Å²) < 4.78 is 14.7. The first-order valence-corrected chi connectivity index (χ1v) is 8.58. The number of aliphatic imine (C=N–C) groups is 1. The molecular weight excluding hydrogens is 305 g/mol. The van der Waals surface area contributed by atoms with Crippen LogP contribution < -0.4 is 11.1 Å². The quantitative estimate of drug-likeness (QED) is 0.655. The molecule has 1 saturated carbocycles. The fourth-order valence-corrected chi connectivity index (χ4v) is 3.03. The van der Waals surface area contributed by atoms with Crippen molar-refractivity contribution in [2.75, 3.05) is 6.54 Å².